The second kappa shape index (κ2) is 6.50. The highest BCUT2D eigenvalue weighted by atomic mass is 32.1. The Balaban J connectivity index is 2.92. The zero-order valence-electron chi connectivity index (χ0n) is 11.1. The van der Waals surface area contributed by atoms with Crippen molar-refractivity contribution < 1.29 is 4.79 Å². The van der Waals surface area contributed by atoms with E-state index < -0.39 is 0 Å². The number of amides is 1. The third kappa shape index (κ3) is 3.29. The summed E-state index contributed by atoms with van der Waals surface area (Å²) >= 11 is 4.89. The van der Waals surface area contributed by atoms with Crippen LogP contribution in [0.2, 0.25) is 0 Å². The summed E-state index contributed by atoms with van der Waals surface area (Å²) in [6.45, 7) is 6.85. The minimum absolute atomic E-state index is 0.0568. The Labute approximate surface area is 114 Å². The van der Waals surface area contributed by atoms with Crippen molar-refractivity contribution in [2.75, 3.05) is 6.54 Å². The van der Waals surface area contributed by atoms with Gasteiger partial charge in [0.15, 0.2) is 0 Å². The van der Waals surface area contributed by atoms with Gasteiger partial charge in [-0.1, -0.05) is 31.3 Å². The molecule has 18 heavy (non-hydrogen) atoms. The molecule has 0 aliphatic carbocycles. The van der Waals surface area contributed by atoms with Crippen LogP contribution in [0.3, 0.4) is 0 Å². The lowest BCUT2D eigenvalue weighted by atomic mass is 10.1. The first-order valence-corrected chi connectivity index (χ1v) is 6.62. The van der Waals surface area contributed by atoms with E-state index in [0.29, 0.717) is 17.1 Å². The number of rotatable bonds is 5. The topological polar surface area (TPSA) is 46.3 Å². The molecule has 0 heterocycles. The van der Waals surface area contributed by atoms with Crippen LogP contribution in [0.5, 0.6) is 0 Å². The lowest BCUT2D eigenvalue weighted by Crippen LogP contribution is -2.38. The number of hydrogen-bond acceptors (Lipinski definition) is 2. The van der Waals surface area contributed by atoms with Crippen LogP contribution >= 0.6 is 12.2 Å². The number of nitrogens with two attached hydrogens (primary N) is 1. The second-order valence-electron chi connectivity index (χ2n) is 4.29. The van der Waals surface area contributed by atoms with Gasteiger partial charge in [-0.25, -0.2) is 0 Å². The van der Waals surface area contributed by atoms with E-state index >= 15 is 0 Å². The van der Waals surface area contributed by atoms with E-state index in [9.17, 15) is 4.79 Å². The Hall–Kier alpha value is -1.42. The Morgan fingerprint density at radius 1 is 1.28 bits per heavy atom. The smallest absolute Gasteiger partial charge is 0.254 e. The monoisotopic (exact) mass is 264 g/mol. The number of nitrogens with zero attached hydrogens (tertiary/aromatic N) is 1. The summed E-state index contributed by atoms with van der Waals surface area (Å²) in [6, 6.07) is 7.39. The molecule has 1 amide bonds. The highest BCUT2D eigenvalue weighted by molar-refractivity contribution is 7.80. The Morgan fingerprint density at radius 2 is 1.78 bits per heavy atom. The molecule has 4 heteroatoms. The standard InChI is InChI=1S/C14H20N2OS/c1-4-10(3)16(5-2)14(17)12-8-6-11(7-9-12)13(15)18/h6-10H,4-5H2,1-3H3,(H2,15,18). The zero-order chi connectivity index (χ0) is 13.7. The van der Waals surface area contributed by atoms with E-state index in [1.54, 1.807) is 24.3 Å². The van der Waals surface area contributed by atoms with Gasteiger partial charge in [0, 0.05) is 23.7 Å². The lowest BCUT2D eigenvalue weighted by Gasteiger charge is -2.27. The van der Waals surface area contributed by atoms with Crippen molar-refractivity contribution in [3.63, 3.8) is 0 Å². The van der Waals surface area contributed by atoms with Crippen molar-refractivity contribution in [3.05, 3.63) is 35.4 Å². The van der Waals surface area contributed by atoms with E-state index in [-0.39, 0.29) is 11.9 Å². The van der Waals surface area contributed by atoms with Crippen LogP contribution in [0.4, 0.5) is 0 Å². The number of carbonyl (C=O) groups is 1. The SMILES string of the molecule is CCC(C)N(CC)C(=O)c1ccc(C(N)=S)cc1. The van der Waals surface area contributed by atoms with Crippen molar-refractivity contribution in [1.29, 1.82) is 0 Å². The molecule has 0 fully saturated rings. The van der Waals surface area contributed by atoms with E-state index in [1.165, 1.54) is 0 Å². The molecule has 0 saturated carbocycles. The van der Waals surface area contributed by atoms with Crippen molar-refractivity contribution in [2.45, 2.75) is 33.2 Å². The van der Waals surface area contributed by atoms with E-state index in [0.717, 1.165) is 12.0 Å². The summed E-state index contributed by atoms with van der Waals surface area (Å²) in [6.07, 6.45) is 0.949. The van der Waals surface area contributed by atoms with Gasteiger partial charge in [-0.15, -0.1) is 0 Å². The van der Waals surface area contributed by atoms with Gasteiger partial charge in [-0.3, -0.25) is 4.79 Å². The first-order valence-electron chi connectivity index (χ1n) is 6.22. The molecule has 1 atom stereocenters. The second-order valence-corrected chi connectivity index (χ2v) is 4.73. The summed E-state index contributed by atoms with van der Waals surface area (Å²) in [5, 5.41) is 0. The third-order valence-electron chi connectivity index (χ3n) is 3.14. The van der Waals surface area contributed by atoms with Crippen LogP contribution in [-0.4, -0.2) is 28.4 Å². The van der Waals surface area contributed by atoms with Crippen molar-refractivity contribution in [2.24, 2.45) is 5.73 Å². The molecule has 1 rings (SSSR count). The molecule has 0 saturated heterocycles. The first-order chi connectivity index (χ1) is 8.51. The lowest BCUT2D eigenvalue weighted by molar-refractivity contribution is 0.0700. The fourth-order valence-corrected chi connectivity index (χ4v) is 1.95. The van der Waals surface area contributed by atoms with Gasteiger partial charge >= 0.3 is 0 Å². The molecule has 0 radical (unpaired) electrons. The van der Waals surface area contributed by atoms with E-state index in [4.69, 9.17) is 18.0 Å². The summed E-state index contributed by atoms with van der Waals surface area (Å²) in [7, 11) is 0. The molecule has 1 aromatic carbocycles. The number of carbonyl (C=O) groups excluding carboxylic acids is 1. The summed E-state index contributed by atoms with van der Waals surface area (Å²) in [5.74, 6) is 0.0568. The van der Waals surface area contributed by atoms with Gasteiger partial charge in [0.2, 0.25) is 0 Å². The van der Waals surface area contributed by atoms with Crippen LogP contribution in [0, 0.1) is 0 Å². The molecule has 0 aliphatic heterocycles. The maximum atomic E-state index is 12.3. The van der Waals surface area contributed by atoms with Gasteiger partial charge < -0.3 is 10.6 Å². The summed E-state index contributed by atoms with van der Waals surface area (Å²) in [5.41, 5.74) is 6.99. The van der Waals surface area contributed by atoms with Crippen molar-refractivity contribution in [1.82, 2.24) is 4.90 Å². The number of thiocarbonyl (C=S) groups is 1. The molecule has 0 bridgehead atoms. The molecule has 3 nitrogen and oxygen atoms in total. The predicted octanol–water partition coefficient (Wildman–Crippen LogP) is 2.58. The molecule has 0 spiro atoms. The largest absolute Gasteiger partial charge is 0.389 e. The molecule has 1 aromatic rings. The van der Waals surface area contributed by atoms with Crippen molar-refractivity contribution >= 4 is 23.1 Å². The fourth-order valence-electron chi connectivity index (χ4n) is 1.82. The van der Waals surface area contributed by atoms with Gasteiger partial charge in [0.25, 0.3) is 5.91 Å². The molecule has 0 aliphatic rings. The molecular formula is C14H20N2OS. The zero-order valence-corrected chi connectivity index (χ0v) is 12.0. The maximum absolute atomic E-state index is 12.3. The van der Waals surface area contributed by atoms with Crippen LogP contribution in [-0.2, 0) is 0 Å². The predicted molar refractivity (Wildman–Crippen MR) is 78.8 cm³/mol. The van der Waals surface area contributed by atoms with Crippen LogP contribution in [0.1, 0.15) is 43.1 Å². The van der Waals surface area contributed by atoms with E-state index in [1.807, 2.05) is 11.8 Å². The van der Waals surface area contributed by atoms with Gasteiger partial charge in [-0.2, -0.15) is 0 Å². The Morgan fingerprint density at radius 3 is 2.17 bits per heavy atom. The average Bonchev–Trinajstić information content (AvgIpc) is 2.39. The van der Waals surface area contributed by atoms with Gasteiger partial charge in [0.1, 0.15) is 4.99 Å². The van der Waals surface area contributed by atoms with Gasteiger partial charge in [-0.05, 0) is 32.4 Å². The fraction of sp³-hybridized carbons (Fsp3) is 0.429. The van der Waals surface area contributed by atoms with Crippen LogP contribution in [0.15, 0.2) is 24.3 Å². The normalized spacial score (nSPS) is 11.9. The van der Waals surface area contributed by atoms with Crippen LogP contribution in [0.25, 0.3) is 0 Å². The molecule has 98 valence electrons. The average molecular weight is 264 g/mol. The first kappa shape index (κ1) is 14.6. The van der Waals surface area contributed by atoms with Gasteiger partial charge in [0.05, 0.1) is 0 Å². The molecular weight excluding hydrogens is 244 g/mol. The molecule has 2 N–H and O–H groups in total. The minimum Gasteiger partial charge on any atom is -0.389 e. The maximum Gasteiger partial charge on any atom is 0.254 e. The number of hydrogen-bond donors (Lipinski definition) is 1. The summed E-state index contributed by atoms with van der Waals surface area (Å²) in [4.78, 5) is 14.5. The quantitative estimate of drug-likeness (QED) is 0.831. The number of benzene rings is 1. The minimum atomic E-state index is 0.0568. The van der Waals surface area contributed by atoms with Crippen LogP contribution < -0.4 is 5.73 Å². The molecule has 1 unspecified atom stereocenters. The van der Waals surface area contributed by atoms with E-state index in [2.05, 4.69) is 13.8 Å². The Kier molecular flexibility index (Phi) is 5.28. The third-order valence-corrected chi connectivity index (χ3v) is 3.38. The highest BCUT2D eigenvalue weighted by Gasteiger charge is 2.18. The Bertz CT molecular complexity index is 428. The molecule has 0 aromatic heterocycles. The summed E-state index contributed by atoms with van der Waals surface area (Å²) < 4.78 is 0. The van der Waals surface area contributed by atoms with Crippen molar-refractivity contribution in [3.8, 4) is 0 Å². The highest BCUT2D eigenvalue weighted by Crippen LogP contribution is 2.12.